The van der Waals surface area contributed by atoms with E-state index in [2.05, 4.69) is 0 Å². The number of nitrogens with zero attached hydrogens (tertiary/aromatic N) is 1. The molecule has 0 saturated heterocycles. The standard InChI is InChI=1S/C12H21NO4/c1-2-3-7-13(8-9-14)10(15)12(11(16)17)5-4-6-12/h14H,2-9H2,1H3,(H,16,17). The van der Waals surface area contributed by atoms with Gasteiger partial charge in [0.1, 0.15) is 5.41 Å². The number of carbonyl (C=O) groups is 2. The highest BCUT2D eigenvalue weighted by Gasteiger charge is 2.52. The highest BCUT2D eigenvalue weighted by molar-refractivity contribution is 6.02. The van der Waals surface area contributed by atoms with Crippen molar-refractivity contribution in [1.82, 2.24) is 4.90 Å². The molecular formula is C12H21NO4. The summed E-state index contributed by atoms with van der Waals surface area (Å²) in [5.74, 6) is -1.34. The maximum atomic E-state index is 12.2. The summed E-state index contributed by atoms with van der Waals surface area (Å²) in [5, 5.41) is 18.1. The Balaban J connectivity index is 2.71. The van der Waals surface area contributed by atoms with Crippen LogP contribution in [0.4, 0.5) is 0 Å². The zero-order valence-corrected chi connectivity index (χ0v) is 10.3. The summed E-state index contributed by atoms with van der Waals surface area (Å²) in [6.45, 7) is 2.65. The van der Waals surface area contributed by atoms with Crippen LogP contribution in [0.25, 0.3) is 0 Å². The van der Waals surface area contributed by atoms with Gasteiger partial charge in [0.05, 0.1) is 6.61 Å². The summed E-state index contributed by atoms with van der Waals surface area (Å²) in [6, 6.07) is 0. The maximum absolute atomic E-state index is 12.2. The number of aliphatic hydroxyl groups is 1. The van der Waals surface area contributed by atoms with Gasteiger partial charge in [0, 0.05) is 13.1 Å². The van der Waals surface area contributed by atoms with Gasteiger partial charge in [-0.25, -0.2) is 0 Å². The molecule has 5 heteroatoms. The molecule has 2 N–H and O–H groups in total. The molecule has 0 spiro atoms. The Morgan fingerprint density at radius 2 is 1.94 bits per heavy atom. The van der Waals surface area contributed by atoms with E-state index >= 15 is 0 Å². The molecule has 17 heavy (non-hydrogen) atoms. The molecule has 5 nitrogen and oxygen atoms in total. The van der Waals surface area contributed by atoms with Crippen molar-refractivity contribution in [2.45, 2.75) is 39.0 Å². The van der Waals surface area contributed by atoms with Gasteiger partial charge in [-0.1, -0.05) is 19.8 Å². The number of rotatable bonds is 7. The predicted octanol–water partition coefficient (Wildman–Crippen LogP) is 0.862. The van der Waals surface area contributed by atoms with Crippen LogP contribution in [0, 0.1) is 5.41 Å². The lowest BCUT2D eigenvalue weighted by atomic mass is 9.67. The molecule has 0 unspecified atom stereocenters. The van der Waals surface area contributed by atoms with E-state index in [1.54, 1.807) is 0 Å². The van der Waals surface area contributed by atoms with E-state index in [9.17, 15) is 14.7 Å². The van der Waals surface area contributed by atoms with Gasteiger partial charge in [-0.15, -0.1) is 0 Å². The Bertz CT molecular complexity index is 286. The zero-order valence-electron chi connectivity index (χ0n) is 10.3. The van der Waals surface area contributed by atoms with Crippen molar-refractivity contribution in [2.75, 3.05) is 19.7 Å². The third kappa shape index (κ3) is 2.77. The number of unbranched alkanes of at least 4 members (excludes halogenated alkanes) is 1. The van der Waals surface area contributed by atoms with Crippen LogP contribution in [0.15, 0.2) is 0 Å². The number of hydrogen-bond donors (Lipinski definition) is 2. The van der Waals surface area contributed by atoms with E-state index < -0.39 is 11.4 Å². The summed E-state index contributed by atoms with van der Waals surface area (Å²) in [5.41, 5.74) is -1.21. The van der Waals surface area contributed by atoms with Crippen molar-refractivity contribution in [3.8, 4) is 0 Å². The lowest BCUT2D eigenvalue weighted by Gasteiger charge is -2.39. The molecule has 0 aromatic carbocycles. The Morgan fingerprint density at radius 1 is 1.29 bits per heavy atom. The minimum absolute atomic E-state index is 0.120. The highest BCUT2D eigenvalue weighted by Crippen LogP contribution is 2.42. The number of carboxylic acid groups (broad SMARTS) is 1. The van der Waals surface area contributed by atoms with Crippen LogP contribution in [0.5, 0.6) is 0 Å². The first kappa shape index (κ1) is 14.0. The third-order valence-corrected chi connectivity index (χ3v) is 3.46. The fraction of sp³-hybridized carbons (Fsp3) is 0.833. The molecule has 1 amide bonds. The van der Waals surface area contributed by atoms with E-state index in [4.69, 9.17) is 5.11 Å². The summed E-state index contributed by atoms with van der Waals surface area (Å²) in [7, 11) is 0. The molecule has 1 aliphatic carbocycles. The molecule has 0 aromatic rings. The van der Waals surface area contributed by atoms with Crippen LogP contribution in [0.2, 0.25) is 0 Å². The maximum Gasteiger partial charge on any atom is 0.319 e. The number of amides is 1. The van der Waals surface area contributed by atoms with Crippen LogP contribution >= 0.6 is 0 Å². The van der Waals surface area contributed by atoms with Gasteiger partial charge in [-0.05, 0) is 19.3 Å². The number of carboxylic acids is 1. The summed E-state index contributed by atoms with van der Waals surface area (Å²) < 4.78 is 0. The zero-order chi connectivity index (χ0) is 12.9. The van der Waals surface area contributed by atoms with E-state index in [0.717, 1.165) is 19.3 Å². The molecule has 1 aliphatic rings. The van der Waals surface area contributed by atoms with Crippen LogP contribution in [0.1, 0.15) is 39.0 Å². The summed E-state index contributed by atoms with van der Waals surface area (Å²) >= 11 is 0. The smallest absolute Gasteiger partial charge is 0.319 e. The van der Waals surface area contributed by atoms with E-state index in [1.807, 2.05) is 6.92 Å². The van der Waals surface area contributed by atoms with Gasteiger partial charge in [0.2, 0.25) is 5.91 Å². The monoisotopic (exact) mass is 243 g/mol. The van der Waals surface area contributed by atoms with Crippen molar-refractivity contribution in [3.63, 3.8) is 0 Å². The molecular weight excluding hydrogens is 222 g/mol. The molecule has 1 fully saturated rings. The van der Waals surface area contributed by atoms with E-state index in [0.29, 0.717) is 19.4 Å². The van der Waals surface area contributed by atoms with Crippen molar-refractivity contribution < 1.29 is 19.8 Å². The first-order valence-corrected chi connectivity index (χ1v) is 6.22. The van der Waals surface area contributed by atoms with Crippen molar-refractivity contribution in [1.29, 1.82) is 0 Å². The summed E-state index contributed by atoms with van der Waals surface area (Å²) in [4.78, 5) is 24.9. The first-order chi connectivity index (χ1) is 8.08. The average Bonchev–Trinajstić information content (AvgIpc) is 2.21. The van der Waals surface area contributed by atoms with Crippen LogP contribution < -0.4 is 0 Å². The van der Waals surface area contributed by atoms with Crippen molar-refractivity contribution in [3.05, 3.63) is 0 Å². The molecule has 0 bridgehead atoms. The molecule has 0 heterocycles. The fourth-order valence-corrected chi connectivity index (χ4v) is 2.14. The van der Waals surface area contributed by atoms with Gasteiger partial charge in [-0.2, -0.15) is 0 Å². The van der Waals surface area contributed by atoms with Crippen LogP contribution in [-0.2, 0) is 9.59 Å². The van der Waals surface area contributed by atoms with E-state index in [1.165, 1.54) is 4.90 Å². The molecule has 1 rings (SSSR count). The highest BCUT2D eigenvalue weighted by atomic mass is 16.4. The topological polar surface area (TPSA) is 77.8 Å². The SMILES string of the molecule is CCCCN(CCO)C(=O)C1(C(=O)O)CCC1. The molecule has 0 aromatic heterocycles. The number of aliphatic hydroxyl groups excluding tert-OH is 1. The quantitative estimate of drug-likeness (QED) is 0.650. The largest absolute Gasteiger partial charge is 0.480 e. The Labute approximate surface area is 101 Å². The molecule has 0 radical (unpaired) electrons. The number of hydrogen-bond acceptors (Lipinski definition) is 3. The predicted molar refractivity (Wildman–Crippen MR) is 62.5 cm³/mol. The average molecular weight is 243 g/mol. The Morgan fingerprint density at radius 3 is 2.29 bits per heavy atom. The van der Waals surface area contributed by atoms with Crippen LogP contribution in [0.3, 0.4) is 0 Å². The lowest BCUT2D eigenvalue weighted by Crippen LogP contribution is -2.53. The van der Waals surface area contributed by atoms with Gasteiger partial charge < -0.3 is 15.1 Å². The van der Waals surface area contributed by atoms with Crippen molar-refractivity contribution in [2.24, 2.45) is 5.41 Å². The fourth-order valence-electron chi connectivity index (χ4n) is 2.14. The van der Waals surface area contributed by atoms with E-state index in [-0.39, 0.29) is 19.1 Å². The van der Waals surface area contributed by atoms with Gasteiger partial charge >= 0.3 is 5.97 Å². The minimum Gasteiger partial charge on any atom is -0.480 e. The molecule has 0 aliphatic heterocycles. The Hall–Kier alpha value is -1.10. The molecule has 1 saturated carbocycles. The van der Waals surface area contributed by atoms with Gasteiger partial charge in [-0.3, -0.25) is 9.59 Å². The van der Waals surface area contributed by atoms with Gasteiger partial charge in [0.25, 0.3) is 0 Å². The number of aliphatic carboxylic acids is 1. The second kappa shape index (κ2) is 6.00. The lowest BCUT2D eigenvalue weighted by molar-refractivity contribution is -0.167. The first-order valence-electron chi connectivity index (χ1n) is 6.22. The second-order valence-corrected chi connectivity index (χ2v) is 4.61. The van der Waals surface area contributed by atoms with Crippen molar-refractivity contribution >= 4 is 11.9 Å². The summed E-state index contributed by atoms with van der Waals surface area (Å²) in [6.07, 6.45) is 3.42. The molecule has 0 atom stereocenters. The van der Waals surface area contributed by atoms with Gasteiger partial charge in [0.15, 0.2) is 0 Å². The number of carbonyl (C=O) groups excluding carboxylic acids is 1. The normalized spacial score (nSPS) is 17.3. The third-order valence-electron chi connectivity index (χ3n) is 3.46. The second-order valence-electron chi connectivity index (χ2n) is 4.61. The van der Waals surface area contributed by atoms with Crippen LogP contribution in [-0.4, -0.2) is 46.7 Å². The minimum atomic E-state index is -1.21. The molecule has 98 valence electrons. The Kier molecular flexibility index (Phi) is 4.93.